The van der Waals surface area contributed by atoms with Gasteiger partial charge >= 0.3 is 0 Å². The number of rotatable bonds is 11. The number of aldehydes is 1. The molecule has 2 saturated heterocycles. The van der Waals surface area contributed by atoms with Gasteiger partial charge in [0.2, 0.25) is 12.3 Å². The van der Waals surface area contributed by atoms with Crippen LogP contribution in [0.4, 0.5) is 17.2 Å². The zero-order chi connectivity index (χ0) is 29.4. The molecule has 0 aliphatic carbocycles. The number of carbonyl (C=O) groups excluding carboxylic acids is 4. The Morgan fingerprint density at radius 3 is 2.32 bits per heavy atom. The Morgan fingerprint density at radius 2 is 1.73 bits per heavy atom. The molecule has 1 aromatic heterocycles. The van der Waals surface area contributed by atoms with E-state index in [2.05, 4.69) is 25.0 Å². The van der Waals surface area contributed by atoms with Crippen LogP contribution in [0.3, 0.4) is 0 Å². The maximum Gasteiger partial charge on any atom is 0.261 e. The highest BCUT2D eigenvalue weighted by molar-refractivity contribution is 6.04. The summed E-state index contributed by atoms with van der Waals surface area (Å²) in [5, 5.41) is 2.47. The first kappa shape index (κ1) is 30.0. The van der Waals surface area contributed by atoms with E-state index in [0.29, 0.717) is 30.0 Å². The second-order valence-corrected chi connectivity index (χ2v) is 10.9. The van der Waals surface area contributed by atoms with Crippen LogP contribution in [0, 0.1) is 12.8 Å². The lowest BCUT2D eigenvalue weighted by molar-refractivity contribution is -0.131. The zero-order valence-electron chi connectivity index (χ0n) is 24.0. The van der Waals surface area contributed by atoms with E-state index in [4.69, 9.17) is 5.73 Å². The number of benzene rings is 1. The fourth-order valence-electron chi connectivity index (χ4n) is 5.79. The summed E-state index contributed by atoms with van der Waals surface area (Å²) in [7, 11) is 1.44. The summed E-state index contributed by atoms with van der Waals surface area (Å²) < 4.78 is 0. The van der Waals surface area contributed by atoms with Gasteiger partial charge in [0.1, 0.15) is 18.1 Å². The number of aryl methyl sites for hydroxylation is 1. The SMILES string of the molecule is CNC(=O)C(CCC=O)N(C=O)C(=O)c1ccc(N2CCN(CC3CCN(c4ccc(N)nc4)CC3)CC2)cc1C. The number of nitrogens with two attached hydrogens (primary N) is 1. The number of amides is 3. The predicted octanol–water partition coefficient (Wildman–Crippen LogP) is 1.70. The Labute approximate surface area is 241 Å². The average molecular weight is 564 g/mol. The molecule has 1 atom stereocenters. The Morgan fingerprint density at radius 1 is 1.05 bits per heavy atom. The third-order valence-corrected chi connectivity index (χ3v) is 8.24. The summed E-state index contributed by atoms with van der Waals surface area (Å²) in [6.07, 6.45) is 5.37. The first-order valence-electron chi connectivity index (χ1n) is 14.3. The van der Waals surface area contributed by atoms with Gasteiger partial charge in [0.15, 0.2) is 0 Å². The number of piperazine rings is 1. The number of likely N-dealkylation sites (N-methyl/N-ethyl adjacent to an activating group) is 1. The lowest BCUT2D eigenvalue weighted by atomic mass is 9.95. The van der Waals surface area contributed by atoms with Crippen molar-refractivity contribution in [2.75, 3.05) is 68.4 Å². The zero-order valence-corrected chi connectivity index (χ0v) is 24.0. The monoisotopic (exact) mass is 563 g/mol. The van der Waals surface area contributed by atoms with Crippen LogP contribution in [0.2, 0.25) is 0 Å². The molecule has 0 bridgehead atoms. The van der Waals surface area contributed by atoms with Crippen LogP contribution in [0.25, 0.3) is 0 Å². The molecule has 2 aliphatic rings. The smallest absolute Gasteiger partial charge is 0.261 e. The minimum atomic E-state index is -1.04. The molecule has 2 aromatic rings. The molecule has 3 amide bonds. The number of hydrogen-bond donors (Lipinski definition) is 2. The van der Waals surface area contributed by atoms with Crippen molar-refractivity contribution < 1.29 is 19.2 Å². The number of aromatic nitrogens is 1. The molecule has 2 fully saturated rings. The minimum Gasteiger partial charge on any atom is -0.384 e. The van der Waals surface area contributed by atoms with Gasteiger partial charge in [-0.2, -0.15) is 0 Å². The number of nitrogens with one attached hydrogen (secondary N) is 1. The van der Waals surface area contributed by atoms with Crippen molar-refractivity contribution in [3.63, 3.8) is 0 Å². The molecule has 2 aliphatic heterocycles. The molecule has 0 radical (unpaired) electrons. The summed E-state index contributed by atoms with van der Waals surface area (Å²) in [6.45, 7) is 8.75. The number of anilines is 3. The van der Waals surface area contributed by atoms with Crippen molar-refractivity contribution in [3.8, 4) is 0 Å². The highest BCUT2D eigenvalue weighted by atomic mass is 16.2. The van der Waals surface area contributed by atoms with Crippen LogP contribution in [0.1, 0.15) is 41.6 Å². The standard InChI is InChI=1S/C30H41N7O4/c1-22-18-24(5-7-26(22)30(41)37(21-39)27(4-3-17-38)29(40)32-2)36-15-13-34(14-16-36)20-23-9-11-35(12-10-23)25-6-8-28(31)33-19-25/h5-8,17-19,21,23,27H,3-4,9-16,20H2,1-2H3,(H2,31,33)(H,32,40). The Balaban J connectivity index is 1.30. The van der Waals surface area contributed by atoms with Gasteiger partial charge in [-0.15, -0.1) is 0 Å². The summed E-state index contributed by atoms with van der Waals surface area (Å²) in [5.74, 6) is 0.194. The van der Waals surface area contributed by atoms with E-state index in [0.717, 1.165) is 80.5 Å². The van der Waals surface area contributed by atoms with E-state index in [-0.39, 0.29) is 12.8 Å². The highest BCUT2D eigenvalue weighted by Crippen LogP contribution is 2.26. The Hall–Kier alpha value is -3.99. The lowest BCUT2D eigenvalue weighted by Crippen LogP contribution is -2.49. The number of nitrogens with zero attached hydrogens (tertiary/aromatic N) is 5. The predicted molar refractivity (Wildman–Crippen MR) is 159 cm³/mol. The number of piperidine rings is 1. The quantitative estimate of drug-likeness (QED) is 0.392. The maximum atomic E-state index is 13.3. The molecule has 0 saturated carbocycles. The van der Waals surface area contributed by atoms with Gasteiger partial charge in [-0.3, -0.25) is 24.2 Å². The number of nitrogen functional groups attached to an aromatic ring is 1. The molecule has 1 aromatic carbocycles. The van der Waals surface area contributed by atoms with Crippen LogP contribution < -0.4 is 20.9 Å². The topological polar surface area (TPSA) is 132 Å². The van der Waals surface area contributed by atoms with Gasteiger partial charge in [-0.1, -0.05) is 0 Å². The summed E-state index contributed by atoms with van der Waals surface area (Å²) in [5.41, 5.74) is 8.98. The maximum absolute atomic E-state index is 13.3. The third-order valence-electron chi connectivity index (χ3n) is 8.24. The van der Waals surface area contributed by atoms with Crippen molar-refractivity contribution >= 4 is 41.7 Å². The molecule has 4 rings (SSSR count). The van der Waals surface area contributed by atoms with E-state index in [1.165, 1.54) is 7.05 Å². The van der Waals surface area contributed by atoms with E-state index in [9.17, 15) is 19.2 Å². The molecule has 3 heterocycles. The van der Waals surface area contributed by atoms with Gasteiger partial charge in [0.25, 0.3) is 5.91 Å². The van der Waals surface area contributed by atoms with Crippen molar-refractivity contribution in [1.29, 1.82) is 0 Å². The number of carbonyl (C=O) groups is 4. The molecule has 11 heteroatoms. The van der Waals surface area contributed by atoms with Crippen LogP contribution in [0.15, 0.2) is 36.5 Å². The number of imide groups is 1. The molecular weight excluding hydrogens is 522 g/mol. The average Bonchev–Trinajstić information content (AvgIpc) is 3.00. The second-order valence-electron chi connectivity index (χ2n) is 10.9. The third kappa shape index (κ3) is 7.40. The molecule has 41 heavy (non-hydrogen) atoms. The minimum absolute atomic E-state index is 0.0696. The van der Waals surface area contributed by atoms with Gasteiger partial charge in [-0.05, 0) is 68.0 Å². The second kappa shape index (κ2) is 14.1. The van der Waals surface area contributed by atoms with Crippen molar-refractivity contribution in [2.45, 2.75) is 38.6 Å². The summed E-state index contributed by atoms with van der Waals surface area (Å²) >= 11 is 0. The normalized spacial score (nSPS) is 17.1. The van der Waals surface area contributed by atoms with Crippen LogP contribution in [-0.2, 0) is 14.4 Å². The lowest BCUT2D eigenvalue weighted by Gasteiger charge is -2.40. The van der Waals surface area contributed by atoms with Crippen molar-refractivity contribution in [2.24, 2.45) is 5.92 Å². The van der Waals surface area contributed by atoms with Crippen LogP contribution in [-0.4, -0.2) is 98.2 Å². The molecule has 0 spiro atoms. The number of pyridine rings is 1. The molecule has 1 unspecified atom stereocenters. The number of hydrogen-bond acceptors (Lipinski definition) is 9. The Bertz CT molecular complexity index is 1210. The largest absolute Gasteiger partial charge is 0.384 e. The van der Waals surface area contributed by atoms with E-state index >= 15 is 0 Å². The summed E-state index contributed by atoms with van der Waals surface area (Å²) in [4.78, 5) is 60.7. The summed E-state index contributed by atoms with van der Waals surface area (Å²) in [6, 6.07) is 8.45. The van der Waals surface area contributed by atoms with E-state index < -0.39 is 17.9 Å². The van der Waals surface area contributed by atoms with E-state index in [1.807, 2.05) is 37.4 Å². The fourth-order valence-corrected chi connectivity index (χ4v) is 5.79. The fraction of sp³-hybridized carbons (Fsp3) is 0.500. The van der Waals surface area contributed by atoms with E-state index in [1.54, 1.807) is 6.07 Å². The van der Waals surface area contributed by atoms with Gasteiger partial charge in [0.05, 0.1) is 11.9 Å². The van der Waals surface area contributed by atoms with Gasteiger partial charge < -0.3 is 25.6 Å². The van der Waals surface area contributed by atoms with Gasteiger partial charge in [0, 0.05) is 70.5 Å². The highest BCUT2D eigenvalue weighted by Gasteiger charge is 2.31. The molecular formula is C30H41N7O4. The first-order valence-corrected chi connectivity index (χ1v) is 14.3. The molecule has 3 N–H and O–H groups in total. The van der Waals surface area contributed by atoms with Crippen molar-refractivity contribution in [3.05, 3.63) is 47.7 Å². The first-order chi connectivity index (χ1) is 19.8. The van der Waals surface area contributed by atoms with Crippen LogP contribution >= 0.6 is 0 Å². The van der Waals surface area contributed by atoms with Crippen molar-refractivity contribution in [1.82, 2.24) is 20.1 Å². The Kier molecular flexibility index (Phi) is 10.3. The molecule has 11 nitrogen and oxygen atoms in total. The van der Waals surface area contributed by atoms with Crippen LogP contribution in [0.5, 0.6) is 0 Å². The molecule has 220 valence electrons. The van der Waals surface area contributed by atoms with Gasteiger partial charge in [-0.25, -0.2) is 4.98 Å².